The van der Waals surface area contributed by atoms with Crippen LogP contribution in [0.3, 0.4) is 0 Å². The number of carbonyl (C=O) groups is 2. The van der Waals surface area contributed by atoms with Gasteiger partial charge in [0.05, 0.1) is 24.4 Å². The Hall–Kier alpha value is -3.95. The maximum absolute atomic E-state index is 11.3. The van der Waals surface area contributed by atoms with E-state index in [-0.39, 0.29) is 36.2 Å². The van der Waals surface area contributed by atoms with Gasteiger partial charge in [0.1, 0.15) is 0 Å². The molecular weight excluding hydrogens is 562 g/mol. The Balaban J connectivity index is 1.36. The molecule has 0 saturated carbocycles. The van der Waals surface area contributed by atoms with E-state index in [1.807, 2.05) is 66.7 Å². The standard InChI is InChI=1S/C35H35NO6S/c1-22-32(21-43-31-16-14-28(15-17-31)34(39)40)41-35(42-33(22)27-8-6-24(20-37)7-9-27)29-12-10-26(11-13-29)30-5-3-4-25(18-30)19-36-23(2)38/h3-18,22,32-33,35,37H,19-21H2,1-2H3,(H,36,38)(H,39,40). The van der Waals surface area contributed by atoms with Crippen molar-refractivity contribution in [1.82, 2.24) is 5.32 Å². The van der Waals surface area contributed by atoms with Crippen LogP contribution in [0.4, 0.5) is 0 Å². The lowest BCUT2D eigenvalue weighted by atomic mass is 9.91. The third-order valence-electron chi connectivity index (χ3n) is 7.62. The molecule has 1 amide bonds. The molecule has 4 aromatic carbocycles. The summed E-state index contributed by atoms with van der Waals surface area (Å²) in [5.74, 6) is -0.308. The molecule has 1 aliphatic heterocycles. The van der Waals surface area contributed by atoms with E-state index in [0.717, 1.165) is 38.3 Å². The third kappa shape index (κ3) is 7.72. The number of benzene rings is 4. The molecule has 1 saturated heterocycles. The molecule has 0 spiro atoms. The minimum atomic E-state index is -0.945. The van der Waals surface area contributed by atoms with Crippen LogP contribution in [0.2, 0.25) is 0 Å². The molecule has 1 aliphatic rings. The number of aromatic carboxylic acids is 1. The van der Waals surface area contributed by atoms with E-state index >= 15 is 0 Å². The largest absolute Gasteiger partial charge is 0.478 e. The van der Waals surface area contributed by atoms with E-state index in [4.69, 9.17) is 9.47 Å². The molecule has 4 aromatic rings. The SMILES string of the molecule is CC(=O)NCc1cccc(-c2ccc(C3OC(CSc4ccc(C(=O)O)cc4)C(C)C(c4ccc(CO)cc4)O3)cc2)c1. The minimum Gasteiger partial charge on any atom is -0.478 e. The highest BCUT2D eigenvalue weighted by Gasteiger charge is 2.38. The summed E-state index contributed by atoms with van der Waals surface area (Å²) in [4.78, 5) is 23.5. The monoisotopic (exact) mass is 597 g/mol. The van der Waals surface area contributed by atoms with Crippen LogP contribution in [0.1, 0.15) is 58.9 Å². The fourth-order valence-corrected chi connectivity index (χ4v) is 6.17. The van der Waals surface area contributed by atoms with Gasteiger partial charge in [-0.3, -0.25) is 4.79 Å². The van der Waals surface area contributed by atoms with E-state index in [1.165, 1.54) is 6.92 Å². The van der Waals surface area contributed by atoms with Gasteiger partial charge in [-0.05, 0) is 58.1 Å². The fraction of sp³-hybridized carbons (Fsp3) is 0.257. The van der Waals surface area contributed by atoms with Crippen LogP contribution in [0.5, 0.6) is 0 Å². The predicted molar refractivity (Wildman–Crippen MR) is 166 cm³/mol. The number of carboxylic acids is 1. The van der Waals surface area contributed by atoms with Gasteiger partial charge >= 0.3 is 5.97 Å². The van der Waals surface area contributed by atoms with Crippen LogP contribution in [-0.2, 0) is 27.4 Å². The predicted octanol–water partition coefficient (Wildman–Crippen LogP) is 6.76. The number of aliphatic hydroxyl groups excluding tert-OH is 1. The Labute approximate surface area is 255 Å². The van der Waals surface area contributed by atoms with Crippen molar-refractivity contribution in [2.45, 2.75) is 50.4 Å². The number of nitrogens with one attached hydrogen (secondary N) is 1. The van der Waals surface area contributed by atoms with Gasteiger partial charge in [0.15, 0.2) is 6.29 Å². The van der Waals surface area contributed by atoms with Crippen molar-refractivity contribution in [2.24, 2.45) is 5.92 Å². The molecule has 0 radical (unpaired) electrons. The highest BCUT2D eigenvalue weighted by molar-refractivity contribution is 7.99. The van der Waals surface area contributed by atoms with Crippen LogP contribution in [0, 0.1) is 5.92 Å². The van der Waals surface area contributed by atoms with Crippen molar-refractivity contribution in [2.75, 3.05) is 5.75 Å². The molecule has 0 aromatic heterocycles. The number of amides is 1. The second-order valence-corrected chi connectivity index (χ2v) is 11.8. The maximum atomic E-state index is 11.3. The van der Waals surface area contributed by atoms with Gasteiger partial charge in [-0.15, -0.1) is 11.8 Å². The second-order valence-electron chi connectivity index (χ2n) is 10.7. The van der Waals surface area contributed by atoms with Gasteiger partial charge < -0.3 is 25.0 Å². The fourth-order valence-electron chi connectivity index (χ4n) is 5.10. The summed E-state index contributed by atoms with van der Waals surface area (Å²) in [5.41, 5.74) is 6.15. The molecule has 7 nitrogen and oxygen atoms in total. The normalized spacial score (nSPS) is 20.0. The van der Waals surface area contributed by atoms with Crippen molar-refractivity contribution in [1.29, 1.82) is 0 Å². The molecule has 4 unspecified atom stereocenters. The van der Waals surface area contributed by atoms with E-state index in [0.29, 0.717) is 12.3 Å². The lowest BCUT2D eigenvalue weighted by molar-refractivity contribution is -0.268. The van der Waals surface area contributed by atoms with Crippen LogP contribution < -0.4 is 5.32 Å². The summed E-state index contributed by atoms with van der Waals surface area (Å²) in [5, 5.41) is 21.6. The topological polar surface area (TPSA) is 105 Å². The summed E-state index contributed by atoms with van der Waals surface area (Å²) >= 11 is 1.63. The first kappa shape index (κ1) is 30.5. The Morgan fingerprint density at radius 1 is 0.837 bits per heavy atom. The molecule has 0 bridgehead atoms. The zero-order valence-corrected chi connectivity index (χ0v) is 24.9. The Morgan fingerprint density at radius 2 is 1.53 bits per heavy atom. The lowest BCUT2D eigenvalue weighted by Crippen LogP contribution is -2.38. The molecule has 5 rings (SSSR count). The number of aliphatic hydroxyl groups is 1. The molecule has 1 fully saturated rings. The average Bonchev–Trinajstić information content (AvgIpc) is 3.04. The number of carboxylic acid groups (broad SMARTS) is 1. The first-order chi connectivity index (χ1) is 20.8. The van der Waals surface area contributed by atoms with Crippen molar-refractivity contribution in [3.8, 4) is 11.1 Å². The van der Waals surface area contributed by atoms with Crippen molar-refractivity contribution in [3.05, 3.63) is 125 Å². The highest BCUT2D eigenvalue weighted by Crippen LogP contribution is 2.43. The number of hydrogen-bond donors (Lipinski definition) is 3. The Kier molecular flexibility index (Phi) is 9.94. The van der Waals surface area contributed by atoms with Gasteiger partial charge in [-0.25, -0.2) is 4.79 Å². The second kappa shape index (κ2) is 14.0. The van der Waals surface area contributed by atoms with Crippen LogP contribution in [0.15, 0.2) is 102 Å². The Morgan fingerprint density at radius 3 is 2.19 bits per heavy atom. The first-order valence-electron chi connectivity index (χ1n) is 14.2. The van der Waals surface area contributed by atoms with Crippen molar-refractivity contribution in [3.63, 3.8) is 0 Å². The highest BCUT2D eigenvalue weighted by atomic mass is 32.2. The van der Waals surface area contributed by atoms with Gasteiger partial charge in [0.25, 0.3) is 0 Å². The van der Waals surface area contributed by atoms with Gasteiger partial charge in [0, 0.05) is 35.6 Å². The molecule has 1 heterocycles. The molecule has 8 heteroatoms. The quantitative estimate of drug-likeness (QED) is 0.173. The molecule has 222 valence electrons. The zero-order valence-electron chi connectivity index (χ0n) is 24.1. The number of carbonyl (C=O) groups excluding carboxylic acids is 1. The molecule has 4 atom stereocenters. The zero-order chi connectivity index (χ0) is 30.3. The first-order valence-corrected chi connectivity index (χ1v) is 15.2. The van der Waals surface area contributed by atoms with E-state index in [2.05, 4.69) is 30.4 Å². The van der Waals surface area contributed by atoms with E-state index in [9.17, 15) is 19.8 Å². The summed E-state index contributed by atoms with van der Waals surface area (Å²) in [6, 6.07) is 31.0. The number of ether oxygens (including phenoxy) is 2. The van der Waals surface area contributed by atoms with Crippen LogP contribution in [0.25, 0.3) is 11.1 Å². The molecular formula is C35H35NO6S. The van der Waals surface area contributed by atoms with E-state index < -0.39 is 12.3 Å². The van der Waals surface area contributed by atoms with Crippen molar-refractivity contribution < 1.29 is 29.3 Å². The third-order valence-corrected chi connectivity index (χ3v) is 8.72. The molecule has 0 aliphatic carbocycles. The van der Waals surface area contributed by atoms with Gasteiger partial charge in [0.2, 0.25) is 5.91 Å². The number of thioether (sulfide) groups is 1. The lowest BCUT2D eigenvalue weighted by Gasteiger charge is -2.41. The number of rotatable bonds is 10. The van der Waals surface area contributed by atoms with Crippen molar-refractivity contribution >= 4 is 23.6 Å². The van der Waals surface area contributed by atoms with E-state index in [1.54, 1.807) is 23.9 Å². The Bertz CT molecular complexity index is 1540. The summed E-state index contributed by atoms with van der Waals surface area (Å²) < 4.78 is 13.2. The molecule has 43 heavy (non-hydrogen) atoms. The smallest absolute Gasteiger partial charge is 0.335 e. The average molecular weight is 598 g/mol. The van der Waals surface area contributed by atoms with Crippen LogP contribution in [-0.4, -0.2) is 33.9 Å². The summed E-state index contributed by atoms with van der Waals surface area (Å²) in [7, 11) is 0. The molecule has 3 N–H and O–H groups in total. The summed E-state index contributed by atoms with van der Waals surface area (Å²) in [6.45, 7) is 4.09. The number of hydrogen-bond acceptors (Lipinski definition) is 6. The maximum Gasteiger partial charge on any atom is 0.335 e. The minimum absolute atomic E-state index is 0.0183. The summed E-state index contributed by atoms with van der Waals surface area (Å²) in [6.07, 6.45) is -0.953. The van der Waals surface area contributed by atoms with Gasteiger partial charge in [-0.1, -0.05) is 73.7 Å². The van der Waals surface area contributed by atoms with Crippen LogP contribution >= 0.6 is 11.8 Å². The van der Waals surface area contributed by atoms with Gasteiger partial charge in [-0.2, -0.15) is 0 Å².